The van der Waals surface area contributed by atoms with Gasteiger partial charge in [-0.25, -0.2) is 29.5 Å². The number of halogens is 1. The van der Waals surface area contributed by atoms with Crippen LogP contribution in [0.15, 0.2) is 24.8 Å². The first kappa shape index (κ1) is 40.3. The highest BCUT2D eigenvalue weighted by molar-refractivity contribution is 6.29. The number of hydrogen-bond acceptors (Lipinski definition) is 11. The zero-order chi connectivity index (χ0) is 38.2. The molecule has 0 aromatic carbocycles. The van der Waals surface area contributed by atoms with Crippen molar-refractivity contribution in [3.63, 3.8) is 0 Å². The summed E-state index contributed by atoms with van der Waals surface area (Å²) in [5.74, 6) is 4.56. The van der Waals surface area contributed by atoms with Gasteiger partial charge in [-0.15, -0.1) is 0 Å². The Bertz CT molecular complexity index is 1540. The van der Waals surface area contributed by atoms with Crippen molar-refractivity contribution in [3.8, 4) is 6.07 Å². The third kappa shape index (κ3) is 12.0. The van der Waals surface area contributed by atoms with E-state index in [0.29, 0.717) is 28.6 Å². The lowest BCUT2D eigenvalue weighted by Crippen LogP contribution is -2.44. The molecule has 0 atom stereocenters. The summed E-state index contributed by atoms with van der Waals surface area (Å²) in [5, 5.41) is 9.49. The summed E-state index contributed by atoms with van der Waals surface area (Å²) in [6.45, 7) is 18.6. The average Bonchev–Trinajstić information content (AvgIpc) is 3.14. The lowest BCUT2D eigenvalue weighted by molar-refractivity contribution is 0.0142. The van der Waals surface area contributed by atoms with Gasteiger partial charge in [-0.1, -0.05) is 11.6 Å². The van der Waals surface area contributed by atoms with Crippen LogP contribution in [0.1, 0.15) is 98.6 Å². The van der Waals surface area contributed by atoms with E-state index >= 15 is 0 Å². The molecule has 2 amide bonds. The van der Waals surface area contributed by atoms with E-state index in [1.165, 1.54) is 25.5 Å². The Hall–Kier alpha value is -3.92. The van der Waals surface area contributed by atoms with Crippen LogP contribution in [0, 0.1) is 35.0 Å². The van der Waals surface area contributed by atoms with Crippen molar-refractivity contribution in [2.24, 2.45) is 23.7 Å². The number of likely N-dealkylation sites (tertiary alicyclic amines) is 2. The van der Waals surface area contributed by atoms with Crippen molar-refractivity contribution in [1.82, 2.24) is 29.7 Å². The minimum absolute atomic E-state index is 0.175. The highest BCUT2D eigenvalue weighted by atomic mass is 35.5. The molecule has 4 aliphatic rings. The molecular weight excluding hydrogens is 694 g/mol. The molecule has 4 saturated heterocycles. The average molecular weight is 752 g/mol. The van der Waals surface area contributed by atoms with Crippen LogP contribution in [0.25, 0.3) is 0 Å². The van der Waals surface area contributed by atoms with Crippen LogP contribution < -0.4 is 9.80 Å². The van der Waals surface area contributed by atoms with Crippen molar-refractivity contribution in [3.05, 3.63) is 35.6 Å². The predicted octanol–water partition coefficient (Wildman–Crippen LogP) is 7.21. The van der Waals surface area contributed by atoms with E-state index in [-0.39, 0.29) is 12.2 Å². The quantitative estimate of drug-likeness (QED) is 0.293. The molecule has 0 radical (unpaired) electrons. The van der Waals surface area contributed by atoms with Crippen LogP contribution in [-0.4, -0.2) is 105 Å². The molecule has 6 heterocycles. The Morgan fingerprint density at radius 2 is 0.981 bits per heavy atom. The van der Waals surface area contributed by atoms with Gasteiger partial charge in [-0.05, 0) is 117 Å². The summed E-state index contributed by atoms with van der Waals surface area (Å²) in [4.78, 5) is 49.2. The van der Waals surface area contributed by atoms with Gasteiger partial charge in [0.25, 0.3) is 0 Å². The molecule has 0 aliphatic carbocycles. The number of ether oxygens (including phenoxy) is 2. The first-order valence-electron chi connectivity index (χ1n) is 19.3. The molecule has 290 valence electrons. The summed E-state index contributed by atoms with van der Waals surface area (Å²) in [6.07, 6.45) is 11.5. The molecule has 13 nitrogen and oxygen atoms in total. The Morgan fingerprint density at radius 1 is 0.623 bits per heavy atom. The van der Waals surface area contributed by atoms with Crippen LogP contribution in [0.3, 0.4) is 0 Å². The fourth-order valence-corrected chi connectivity index (χ4v) is 8.18. The van der Waals surface area contributed by atoms with E-state index < -0.39 is 11.2 Å². The summed E-state index contributed by atoms with van der Waals surface area (Å²) >= 11 is 5.97. The number of rotatable bonds is 4. The predicted molar refractivity (Wildman–Crippen MR) is 205 cm³/mol. The van der Waals surface area contributed by atoms with Gasteiger partial charge < -0.3 is 29.1 Å². The Balaban J connectivity index is 0.000000204. The van der Waals surface area contributed by atoms with E-state index in [2.05, 4.69) is 35.8 Å². The Morgan fingerprint density at radius 3 is 1.34 bits per heavy atom. The number of aromatic nitrogens is 4. The van der Waals surface area contributed by atoms with Crippen molar-refractivity contribution >= 4 is 35.4 Å². The van der Waals surface area contributed by atoms with Crippen LogP contribution in [-0.2, 0) is 9.47 Å². The highest BCUT2D eigenvalue weighted by Gasteiger charge is 2.34. The van der Waals surface area contributed by atoms with E-state index in [0.717, 1.165) is 108 Å². The molecule has 4 aliphatic heterocycles. The Labute approximate surface area is 320 Å². The molecule has 14 heteroatoms. The van der Waals surface area contributed by atoms with Crippen LogP contribution >= 0.6 is 11.6 Å². The standard InChI is InChI=1S/C20H29N5O2.C19H29ClN4O2/c1-20(2,3)27-19(26)25-10-6-16(7-11-25)15-4-8-24(9-5-15)18-12-17(13-21)22-14-23-18;1-19(2,3)26-18(25)24-10-6-15(7-11-24)14-4-8-23(9-5-14)17-12-16(20)21-13-22-17/h12,14-16H,4-11H2,1-3H3;12-15H,4-11H2,1-3H3. The summed E-state index contributed by atoms with van der Waals surface area (Å²) in [5.41, 5.74) is -0.450. The van der Waals surface area contributed by atoms with E-state index in [4.69, 9.17) is 26.3 Å². The first-order chi connectivity index (χ1) is 25.2. The fourth-order valence-electron chi connectivity index (χ4n) is 8.04. The third-order valence-electron chi connectivity index (χ3n) is 10.8. The van der Waals surface area contributed by atoms with Gasteiger partial charge in [0.2, 0.25) is 0 Å². The van der Waals surface area contributed by atoms with Crippen LogP contribution in [0.5, 0.6) is 0 Å². The third-order valence-corrected chi connectivity index (χ3v) is 11.0. The molecule has 0 N–H and O–H groups in total. The fraction of sp³-hybridized carbons (Fsp3) is 0.718. The maximum atomic E-state index is 12.2. The van der Waals surface area contributed by atoms with Gasteiger partial charge in [0.15, 0.2) is 0 Å². The molecule has 2 aromatic rings. The van der Waals surface area contributed by atoms with Gasteiger partial charge in [-0.3, -0.25) is 0 Å². The summed E-state index contributed by atoms with van der Waals surface area (Å²) in [7, 11) is 0. The maximum Gasteiger partial charge on any atom is 0.410 e. The number of anilines is 2. The van der Waals surface area contributed by atoms with Gasteiger partial charge >= 0.3 is 12.2 Å². The molecule has 0 saturated carbocycles. The topological polar surface area (TPSA) is 141 Å². The van der Waals surface area contributed by atoms with Crippen LogP contribution in [0.4, 0.5) is 21.2 Å². The minimum Gasteiger partial charge on any atom is -0.444 e. The zero-order valence-corrected chi connectivity index (χ0v) is 33.2. The molecular formula is C39H58ClN9O4. The summed E-state index contributed by atoms with van der Waals surface area (Å²) in [6, 6.07) is 5.67. The second-order valence-electron chi connectivity index (χ2n) is 16.8. The first-order valence-corrected chi connectivity index (χ1v) is 19.7. The zero-order valence-electron chi connectivity index (χ0n) is 32.5. The molecule has 0 spiro atoms. The number of nitrogens with zero attached hydrogens (tertiary/aromatic N) is 9. The second kappa shape index (κ2) is 17.9. The number of carbonyl (C=O) groups excluding carboxylic acids is 2. The van der Waals surface area contributed by atoms with Crippen molar-refractivity contribution in [2.45, 2.75) is 104 Å². The minimum atomic E-state index is -0.437. The van der Waals surface area contributed by atoms with Crippen LogP contribution in [0.2, 0.25) is 5.15 Å². The van der Waals surface area contributed by atoms with E-state index in [9.17, 15) is 9.59 Å². The number of hydrogen-bond donors (Lipinski definition) is 0. The normalized spacial score (nSPS) is 20.0. The lowest BCUT2D eigenvalue weighted by atomic mass is 9.79. The molecule has 6 rings (SSSR count). The second-order valence-corrected chi connectivity index (χ2v) is 17.2. The largest absolute Gasteiger partial charge is 0.444 e. The lowest BCUT2D eigenvalue weighted by Gasteiger charge is -2.40. The van der Waals surface area contributed by atoms with Crippen molar-refractivity contribution in [2.75, 3.05) is 62.2 Å². The SMILES string of the molecule is CC(C)(C)OC(=O)N1CCC(C2CCN(c3cc(C#N)ncn3)CC2)CC1.CC(C)(C)OC(=O)N1CCC(C2CCN(c3cc(Cl)ncn3)CC2)CC1. The van der Waals surface area contributed by atoms with Crippen molar-refractivity contribution in [1.29, 1.82) is 5.26 Å². The molecule has 4 fully saturated rings. The molecule has 0 bridgehead atoms. The van der Waals surface area contributed by atoms with Gasteiger partial charge in [0.05, 0.1) is 0 Å². The number of nitriles is 1. The van der Waals surface area contributed by atoms with Gasteiger partial charge in [-0.2, -0.15) is 5.26 Å². The number of carbonyl (C=O) groups is 2. The Kier molecular flexibility index (Phi) is 13.6. The van der Waals surface area contributed by atoms with Gasteiger partial charge in [0, 0.05) is 64.5 Å². The highest BCUT2D eigenvalue weighted by Crippen LogP contribution is 2.35. The maximum absolute atomic E-state index is 12.2. The molecule has 2 aromatic heterocycles. The number of piperidine rings is 4. The molecule has 53 heavy (non-hydrogen) atoms. The smallest absolute Gasteiger partial charge is 0.410 e. The van der Waals surface area contributed by atoms with E-state index in [1.54, 1.807) is 6.07 Å². The number of amides is 2. The summed E-state index contributed by atoms with van der Waals surface area (Å²) < 4.78 is 11.0. The van der Waals surface area contributed by atoms with Crippen molar-refractivity contribution < 1.29 is 19.1 Å². The monoisotopic (exact) mass is 751 g/mol. The van der Waals surface area contributed by atoms with Gasteiger partial charge in [0.1, 0.15) is 52.4 Å². The van der Waals surface area contributed by atoms with E-state index in [1.807, 2.05) is 57.4 Å². The molecule has 0 unspecified atom stereocenters.